The minimum Gasteiger partial charge on any atom is -0.494 e. The summed E-state index contributed by atoms with van der Waals surface area (Å²) in [6, 6.07) is 18.1. The lowest BCUT2D eigenvalue weighted by Crippen LogP contribution is -2.22. The van der Waals surface area contributed by atoms with Crippen molar-refractivity contribution in [1.29, 1.82) is 0 Å². The fourth-order valence-corrected chi connectivity index (χ4v) is 2.99. The van der Waals surface area contributed by atoms with Gasteiger partial charge in [-0.1, -0.05) is 42.5 Å². The number of thioether (sulfide) groups is 1. The van der Waals surface area contributed by atoms with E-state index in [1.807, 2.05) is 49.4 Å². The van der Waals surface area contributed by atoms with Crippen molar-refractivity contribution in [1.82, 2.24) is 5.32 Å². The van der Waals surface area contributed by atoms with Crippen LogP contribution in [-0.2, 0) is 17.1 Å². The summed E-state index contributed by atoms with van der Waals surface area (Å²) in [5.41, 5.74) is 2.38. The zero-order chi connectivity index (χ0) is 16.3. The molecule has 0 fully saturated rings. The summed E-state index contributed by atoms with van der Waals surface area (Å²) in [7, 11) is 0. The van der Waals surface area contributed by atoms with E-state index in [1.54, 1.807) is 11.8 Å². The molecule has 2 rings (SSSR count). The smallest absolute Gasteiger partial charge is 0.221 e. The van der Waals surface area contributed by atoms with Crippen LogP contribution in [0, 0.1) is 0 Å². The number of nitrogens with one attached hydrogen (secondary N) is 1. The van der Waals surface area contributed by atoms with Crippen molar-refractivity contribution in [2.24, 2.45) is 0 Å². The van der Waals surface area contributed by atoms with E-state index in [4.69, 9.17) is 4.74 Å². The Labute approximate surface area is 142 Å². The highest BCUT2D eigenvalue weighted by molar-refractivity contribution is 7.98. The van der Waals surface area contributed by atoms with Gasteiger partial charge in [-0.2, -0.15) is 11.8 Å². The van der Waals surface area contributed by atoms with E-state index < -0.39 is 0 Å². The standard InChI is InChI=1S/C19H23NO2S/c1-2-22-18-10-8-16(9-11-18)14-20-19(21)12-13-23-15-17-6-4-3-5-7-17/h3-11H,2,12-15H2,1H3,(H,20,21). The van der Waals surface area contributed by atoms with E-state index in [1.165, 1.54) is 5.56 Å². The normalized spacial score (nSPS) is 10.3. The van der Waals surface area contributed by atoms with Gasteiger partial charge < -0.3 is 10.1 Å². The molecule has 0 heterocycles. The van der Waals surface area contributed by atoms with E-state index in [0.29, 0.717) is 19.6 Å². The van der Waals surface area contributed by atoms with Gasteiger partial charge in [0.25, 0.3) is 0 Å². The van der Waals surface area contributed by atoms with Gasteiger partial charge in [-0.05, 0) is 30.2 Å². The molecule has 0 aliphatic carbocycles. The van der Waals surface area contributed by atoms with Crippen LogP contribution < -0.4 is 10.1 Å². The van der Waals surface area contributed by atoms with Gasteiger partial charge in [0.1, 0.15) is 5.75 Å². The van der Waals surface area contributed by atoms with E-state index in [2.05, 4.69) is 17.4 Å². The summed E-state index contributed by atoms with van der Waals surface area (Å²) in [5, 5.41) is 2.96. The molecule has 3 nitrogen and oxygen atoms in total. The molecule has 2 aromatic rings. The molecule has 0 atom stereocenters. The Kier molecular flexibility index (Phi) is 7.54. The number of hydrogen-bond donors (Lipinski definition) is 1. The fraction of sp³-hybridized carbons (Fsp3) is 0.316. The zero-order valence-electron chi connectivity index (χ0n) is 13.5. The Bertz CT molecular complexity index is 584. The lowest BCUT2D eigenvalue weighted by atomic mass is 10.2. The molecular weight excluding hydrogens is 306 g/mol. The second-order valence-electron chi connectivity index (χ2n) is 5.14. The quantitative estimate of drug-likeness (QED) is 0.706. The van der Waals surface area contributed by atoms with Gasteiger partial charge >= 0.3 is 0 Å². The highest BCUT2D eigenvalue weighted by Crippen LogP contribution is 2.13. The molecule has 0 saturated heterocycles. The third-order valence-electron chi connectivity index (χ3n) is 3.31. The van der Waals surface area contributed by atoms with Crippen LogP contribution in [0.1, 0.15) is 24.5 Å². The van der Waals surface area contributed by atoms with Crippen LogP contribution in [0.15, 0.2) is 54.6 Å². The molecule has 0 aliphatic rings. The first kappa shape index (κ1) is 17.4. The van der Waals surface area contributed by atoms with Crippen LogP contribution in [-0.4, -0.2) is 18.3 Å². The van der Waals surface area contributed by atoms with E-state index >= 15 is 0 Å². The van der Waals surface area contributed by atoms with Gasteiger partial charge in [0, 0.05) is 24.5 Å². The maximum atomic E-state index is 11.8. The average molecular weight is 329 g/mol. The summed E-state index contributed by atoms with van der Waals surface area (Å²) >= 11 is 1.79. The van der Waals surface area contributed by atoms with Crippen LogP contribution in [0.5, 0.6) is 5.75 Å². The SMILES string of the molecule is CCOc1ccc(CNC(=O)CCSCc2ccccc2)cc1. The summed E-state index contributed by atoms with van der Waals surface area (Å²) in [6.45, 7) is 3.19. The molecule has 23 heavy (non-hydrogen) atoms. The summed E-state index contributed by atoms with van der Waals surface area (Å²) in [6.07, 6.45) is 0.550. The number of carbonyl (C=O) groups excluding carboxylic acids is 1. The minimum atomic E-state index is 0.0967. The van der Waals surface area contributed by atoms with Crippen LogP contribution in [0.3, 0.4) is 0 Å². The highest BCUT2D eigenvalue weighted by Gasteiger charge is 2.02. The van der Waals surface area contributed by atoms with Crippen molar-refractivity contribution < 1.29 is 9.53 Å². The Morgan fingerprint density at radius 1 is 1.04 bits per heavy atom. The lowest BCUT2D eigenvalue weighted by molar-refractivity contribution is -0.120. The van der Waals surface area contributed by atoms with Crippen molar-refractivity contribution in [3.05, 3.63) is 65.7 Å². The average Bonchev–Trinajstić information content (AvgIpc) is 2.59. The second kappa shape index (κ2) is 9.95. The molecule has 0 spiro atoms. The fourth-order valence-electron chi connectivity index (χ4n) is 2.09. The number of rotatable bonds is 9. The molecule has 0 bridgehead atoms. The molecule has 0 saturated carbocycles. The van der Waals surface area contributed by atoms with Crippen molar-refractivity contribution in [2.45, 2.75) is 25.6 Å². The van der Waals surface area contributed by atoms with Gasteiger partial charge in [-0.25, -0.2) is 0 Å². The molecule has 2 aromatic carbocycles. The zero-order valence-corrected chi connectivity index (χ0v) is 14.3. The number of hydrogen-bond acceptors (Lipinski definition) is 3. The Hall–Kier alpha value is -1.94. The maximum Gasteiger partial charge on any atom is 0.221 e. The number of carbonyl (C=O) groups is 1. The van der Waals surface area contributed by atoms with E-state index in [9.17, 15) is 4.79 Å². The van der Waals surface area contributed by atoms with Crippen molar-refractivity contribution >= 4 is 17.7 Å². The first-order chi connectivity index (χ1) is 11.3. The Morgan fingerprint density at radius 3 is 2.48 bits per heavy atom. The first-order valence-electron chi connectivity index (χ1n) is 7.88. The minimum absolute atomic E-state index is 0.0967. The molecule has 4 heteroatoms. The van der Waals surface area contributed by atoms with E-state index in [-0.39, 0.29) is 5.91 Å². The van der Waals surface area contributed by atoms with Gasteiger partial charge in [-0.3, -0.25) is 4.79 Å². The molecule has 0 aromatic heterocycles. The lowest BCUT2D eigenvalue weighted by Gasteiger charge is -2.07. The predicted octanol–water partition coefficient (Wildman–Crippen LogP) is 4.03. The maximum absolute atomic E-state index is 11.8. The van der Waals surface area contributed by atoms with Crippen molar-refractivity contribution in [3.63, 3.8) is 0 Å². The molecule has 1 N–H and O–H groups in total. The molecule has 1 amide bonds. The van der Waals surface area contributed by atoms with Gasteiger partial charge in [0.15, 0.2) is 0 Å². The summed E-state index contributed by atoms with van der Waals surface area (Å²) in [5.74, 6) is 2.75. The molecule has 122 valence electrons. The number of amides is 1. The van der Waals surface area contributed by atoms with Crippen LogP contribution in [0.25, 0.3) is 0 Å². The van der Waals surface area contributed by atoms with Gasteiger partial charge in [0.2, 0.25) is 5.91 Å². The third-order valence-corrected chi connectivity index (χ3v) is 4.34. The van der Waals surface area contributed by atoms with Gasteiger partial charge in [-0.15, -0.1) is 0 Å². The monoisotopic (exact) mass is 329 g/mol. The van der Waals surface area contributed by atoms with Crippen LogP contribution >= 0.6 is 11.8 Å². The first-order valence-corrected chi connectivity index (χ1v) is 9.03. The third kappa shape index (κ3) is 6.78. The largest absolute Gasteiger partial charge is 0.494 e. The summed E-state index contributed by atoms with van der Waals surface area (Å²) < 4.78 is 5.40. The van der Waals surface area contributed by atoms with Crippen molar-refractivity contribution in [3.8, 4) is 5.75 Å². The van der Waals surface area contributed by atoms with Crippen LogP contribution in [0.2, 0.25) is 0 Å². The highest BCUT2D eigenvalue weighted by atomic mass is 32.2. The molecular formula is C19H23NO2S. The predicted molar refractivity (Wildman–Crippen MR) is 96.7 cm³/mol. The molecule has 0 aliphatic heterocycles. The van der Waals surface area contributed by atoms with Crippen molar-refractivity contribution in [2.75, 3.05) is 12.4 Å². The number of benzene rings is 2. The van der Waals surface area contributed by atoms with Gasteiger partial charge in [0.05, 0.1) is 6.61 Å². The summed E-state index contributed by atoms with van der Waals surface area (Å²) in [4.78, 5) is 11.8. The molecule has 0 unspecified atom stereocenters. The van der Waals surface area contributed by atoms with Crippen LogP contribution in [0.4, 0.5) is 0 Å². The Balaban J connectivity index is 1.61. The second-order valence-corrected chi connectivity index (χ2v) is 6.25. The molecule has 0 radical (unpaired) electrons. The number of ether oxygens (including phenoxy) is 1. The van der Waals surface area contributed by atoms with E-state index in [0.717, 1.165) is 22.8 Å². The topological polar surface area (TPSA) is 38.3 Å². The Morgan fingerprint density at radius 2 is 1.78 bits per heavy atom.